The van der Waals surface area contributed by atoms with Gasteiger partial charge < -0.3 is 9.32 Å². The Labute approximate surface area is 155 Å². The number of quaternary nitrogens is 1. The molecule has 1 N–H and O–H groups in total. The zero-order valence-electron chi connectivity index (χ0n) is 13.2. The number of nitrogens with zero attached hydrogens (tertiary/aromatic N) is 2. The Morgan fingerprint density at radius 2 is 2.33 bits per heavy atom. The number of rotatable bonds is 6. The van der Waals surface area contributed by atoms with Crippen LogP contribution < -0.4 is 4.90 Å². The van der Waals surface area contributed by atoms with Crippen LogP contribution >= 0.6 is 35.2 Å². The van der Waals surface area contributed by atoms with E-state index < -0.39 is 9.84 Å². The van der Waals surface area contributed by atoms with E-state index in [4.69, 9.17) is 28.2 Å². The summed E-state index contributed by atoms with van der Waals surface area (Å²) in [5.74, 6) is 1.07. The highest BCUT2D eigenvalue weighted by atomic mass is 35.5. The van der Waals surface area contributed by atoms with Crippen molar-refractivity contribution in [1.29, 1.82) is 0 Å². The maximum atomic E-state index is 11.5. The van der Waals surface area contributed by atoms with Crippen LogP contribution in [0.3, 0.4) is 0 Å². The molecule has 0 spiro atoms. The molecule has 2 atom stereocenters. The Hall–Kier alpha value is -0.740. The molecular formula is C14H19ClN3O3S3+. The maximum absolute atomic E-state index is 11.5. The van der Waals surface area contributed by atoms with Gasteiger partial charge in [0.05, 0.1) is 27.8 Å². The summed E-state index contributed by atoms with van der Waals surface area (Å²) in [6.45, 7) is 1.41. The van der Waals surface area contributed by atoms with E-state index in [0.717, 1.165) is 10.9 Å². The summed E-state index contributed by atoms with van der Waals surface area (Å²) < 4.78 is 31.1. The van der Waals surface area contributed by atoms with Gasteiger partial charge in [0, 0.05) is 6.42 Å². The van der Waals surface area contributed by atoms with E-state index in [0.29, 0.717) is 30.2 Å². The van der Waals surface area contributed by atoms with E-state index in [9.17, 15) is 8.42 Å². The van der Waals surface area contributed by atoms with E-state index in [1.54, 1.807) is 16.0 Å². The van der Waals surface area contributed by atoms with Gasteiger partial charge in [-0.05, 0) is 36.7 Å². The summed E-state index contributed by atoms with van der Waals surface area (Å²) in [6.07, 6.45) is 1.19. The first kappa shape index (κ1) is 18.1. The van der Waals surface area contributed by atoms with Crippen molar-refractivity contribution in [2.75, 3.05) is 18.6 Å². The molecule has 0 aromatic carbocycles. The average molecular weight is 409 g/mol. The molecule has 2 aromatic rings. The minimum absolute atomic E-state index is 0.0786. The average Bonchev–Trinajstić information content (AvgIpc) is 3.12. The van der Waals surface area contributed by atoms with Crippen LogP contribution in [-0.4, -0.2) is 36.8 Å². The first-order valence-corrected chi connectivity index (χ1v) is 11.1. The van der Waals surface area contributed by atoms with E-state index in [-0.39, 0.29) is 17.4 Å². The summed E-state index contributed by atoms with van der Waals surface area (Å²) in [6, 6.07) is 3.91. The molecule has 24 heavy (non-hydrogen) atoms. The lowest BCUT2D eigenvalue weighted by molar-refractivity contribution is -0.917. The summed E-state index contributed by atoms with van der Waals surface area (Å²) in [4.78, 5) is 2.73. The van der Waals surface area contributed by atoms with Gasteiger partial charge in [-0.1, -0.05) is 11.6 Å². The molecule has 3 heterocycles. The van der Waals surface area contributed by atoms with Crippen molar-refractivity contribution in [2.45, 2.75) is 26.1 Å². The molecule has 1 saturated heterocycles. The number of nitrogens with one attached hydrogen (secondary N) is 1. The van der Waals surface area contributed by atoms with E-state index in [1.807, 2.05) is 19.2 Å². The van der Waals surface area contributed by atoms with Crippen LogP contribution in [0.15, 0.2) is 16.5 Å². The topological polar surface area (TPSA) is 69.5 Å². The number of halogens is 1. The number of sulfone groups is 1. The van der Waals surface area contributed by atoms with Crippen molar-refractivity contribution in [3.05, 3.63) is 32.1 Å². The van der Waals surface area contributed by atoms with Gasteiger partial charge in [0.25, 0.3) is 4.84 Å². The monoisotopic (exact) mass is 408 g/mol. The Kier molecular flexibility index (Phi) is 5.45. The fraction of sp³-hybridized carbons (Fsp3) is 0.571. The zero-order valence-corrected chi connectivity index (χ0v) is 16.4. The van der Waals surface area contributed by atoms with Gasteiger partial charge >= 0.3 is 0 Å². The fourth-order valence-corrected chi connectivity index (χ4v) is 6.13. The van der Waals surface area contributed by atoms with Crippen LogP contribution in [0.4, 0.5) is 0 Å². The third-order valence-corrected chi connectivity index (χ3v) is 7.32. The van der Waals surface area contributed by atoms with Crippen LogP contribution in [0.5, 0.6) is 0 Å². The summed E-state index contributed by atoms with van der Waals surface area (Å²) in [7, 11) is -0.838. The predicted octanol–water partition coefficient (Wildman–Crippen LogP) is 1.57. The number of hydrogen-bond donors (Lipinski definition) is 1. The van der Waals surface area contributed by atoms with Crippen molar-refractivity contribution in [2.24, 2.45) is 5.92 Å². The molecule has 1 unspecified atom stereocenters. The fourth-order valence-electron chi connectivity index (χ4n) is 2.87. The standard InChI is InChI=1S/C14H18ClN3O3S3/c1-17(7-11-2-3-12(15)23-11)9-18-14(22)21-13(16-18)6-10-4-5-24(19,20)8-10/h2-3,10H,4-9H2,1H3/p+1/t10-/m0/s1. The number of thiophene rings is 1. The highest BCUT2D eigenvalue weighted by Crippen LogP contribution is 2.22. The molecule has 10 heteroatoms. The van der Waals surface area contributed by atoms with Gasteiger partial charge in [-0.2, -0.15) is 4.68 Å². The Morgan fingerprint density at radius 1 is 1.54 bits per heavy atom. The SMILES string of the molecule is C[NH+](Cc1ccc(Cl)s1)Cn1nc(C[C@@H]2CCS(=O)(=O)C2)oc1=S. The van der Waals surface area contributed by atoms with Crippen molar-refractivity contribution in [3.8, 4) is 0 Å². The largest absolute Gasteiger partial charge is 0.414 e. The number of aromatic nitrogens is 2. The minimum atomic E-state index is -2.89. The molecule has 2 aromatic heterocycles. The summed E-state index contributed by atoms with van der Waals surface area (Å²) >= 11 is 12.7. The van der Waals surface area contributed by atoms with Crippen molar-refractivity contribution < 1.29 is 17.7 Å². The van der Waals surface area contributed by atoms with Crippen LogP contribution in [0.25, 0.3) is 0 Å². The molecule has 3 rings (SSSR count). The van der Waals surface area contributed by atoms with Crippen LogP contribution in [0.1, 0.15) is 17.2 Å². The van der Waals surface area contributed by atoms with Gasteiger partial charge in [-0.15, -0.1) is 16.4 Å². The highest BCUT2D eigenvalue weighted by molar-refractivity contribution is 7.91. The van der Waals surface area contributed by atoms with Gasteiger partial charge in [0.15, 0.2) is 16.5 Å². The first-order valence-electron chi connectivity index (χ1n) is 7.63. The lowest BCUT2D eigenvalue weighted by atomic mass is 10.1. The molecule has 1 fully saturated rings. The molecule has 0 bridgehead atoms. The van der Waals surface area contributed by atoms with Gasteiger partial charge in [0.2, 0.25) is 5.89 Å². The Balaban J connectivity index is 1.60. The van der Waals surface area contributed by atoms with Crippen molar-refractivity contribution >= 4 is 45.0 Å². The van der Waals surface area contributed by atoms with Crippen LogP contribution in [-0.2, 0) is 29.5 Å². The molecule has 132 valence electrons. The maximum Gasteiger partial charge on any atom is 0.291 e. The lowest BCUT2D eigenvalue weighted by Gasteiger charge is -2.11. The normalized spacial score (nSPS) is 21.2. The smallest absolute Gasteiger partial charge is 0.291 e. The van der Waals surface area contributed by atoms with E-state index in [1.165, 1.54) is 9.78 Å². The second kappa shape index (κ2) is 7.25. The molecule has 1 aliphatic heterocycles. The Morgan fingerprint density at radius 3 is 2.96 bits per heavy atom. The first-order chi connectivity index (χ1) is 11.3. The highest BCUT2D eigenvalue weighted by Gasteiger charge is 2.29. The number of hydrogen-bond acceptors (Lipinski definition) is 6. The molecule has 0 saturated carbocycles. The quantitative estimate of drug-likeness (QED) is 0.735. The second-order valence-corrected chi connectivity index (χ2v) is 10.6. The van der Waals surface area contributed by atoms with Crippen molar-refractivity contribution in [3.63, 3.8) is 0 Å². The molecule has 1 aliphatic rings. The van der Waals surface area contributed by atoms with E-state index in [2.05, 4.69) is 5.10 Å². The molecule has 0 amide bonds. The minimum Gasteiger partial charge on any atom is -0.414 e. The van der Waals surface area contributed by atoms with Crippen molar-refractivity contribution in [1.82, 2.24) is 9.78 Å². The van der Waals surface area contributed by atoms with Gasteiger partial charge in [-0.3, -0.25) is 0 Å². The second-order valence-electron chi connectivity index (χ2n) is 6.23. The van der Waals surface area contributed by atoms with Gasteiger partial charge in [-0.25, -0.2) is 8.42 Å². The molecule has 0 radical (unpaired) electrons. The summed E-state index contributed by atoms with van der Waals surface area (Å²) in [5, 5.41) is 4.42. The third-order valence-electron chi connectivity index (χ3n) is 3.96. The molecule has 6 nitrogen and oxygen atoms in total. The third kappa shape index (κ3) is 4.66. The zero-order chi connectivity index (χ0) is 17.3. The van der Waals surface area contributed by atoms with E-state index >= 15 is 0 Å². The predicted molar refractivity (Wildman–Crippen MR) is 95.7 cm³/mol. The van der Waals surface area contributed by atoms with Crippen LogP contribution in [0.2, 0.25) is 4.34 Å². The summed E-state index contributed by atoms with van der Waals surface area (Å²) in [5.41, 5.74) is 0. The molecular weight excluding hydrogens is 390 g/mol. The Bertz CT molecular complexity index is 871. The molecule has 0 aliphatic carbocycles. The van der Waals surface area contributed by atoms with Crippen LogP contribution in [0, 0.1) is 10.8 Å². The van der Waals surface area contributed by atoms with Gasteiger partial charge in [0.1, 0.15) is 6.54 Å². The lowest BCUT2D eigenvalue weighted by Crippen LogP contribution is -3.06.